The van der Waals surface area contributed by atoms with Crippen LogP contribution in [-0.4, -0.2) is 6.18 Å². The second-order valence-electron chi connectivity index (χ2n) is 2.81. The molecular weight excluding hydrogens is 327 g/mol. The molecule has 1 unspecified atom stereocenters. The predicted molar refractivity (Wildman–Crippen MR) is 58.9 cm³/mol. The van der Waals surface area contributed by atoms with E-state index in [0.717, 1.165) is 0 Å². The standard InChI is InChI=1S/C9H7ClF3I/c10-7-4-2-1-3-6(7)8(14)5-9(11,12)13/h1-4,8H,5H2. The number of alkyl halides is 4. The zero-order valence-corrected chi connectivity index (χ0v) is 9.90. The van der Waals surface area contributed by atoms with E-state index in [-0.39, 0.29) is 0 Å². The molecule has 0 aliphatic heterocycles. The molecule has 0 radical (unpaired) electrons. The highest BCUT2D eigenvalue weighted by molar-refractivity contribution is 14.1. The fourth-order valence-corrected chi connectivity index (χ4v) is 2.54. The fraction of sp³-hybridized carbons (Fsp3) is 0.333. The SMILES string of the molecule is FC(F)(F)CC(I)c1ccccc1Cl. The number of hydrogen-bond donors (Lipinski definition) is 0. The molecule has 0 spiro atoms. The van der Waals surface area contributed by atoms with E-state index in [2.05, 4.69) is 0 Å². The summed E-state index contributed by atoms with van der Waals surface area (Å²) in [6, 6.07) is 6.59. The maximum atomic E-state index is 12.1. The van der Waals surface area contributed by atoms with Crippen molar-refractivity contribution in [3.63, 3.8) is 0 Å². The maximum absolute atomic E-state index is 12.1. The Morgan fingerprint density at radius 1 is 1.29 bits per heavy atom. The Morgan fingerprint density at radius 2 is 1.86 bits per heavy atom. The minimum Gasteiger partial charge on any atom is -0.171 e. The topological polar surface area (TPSA) is 0 Å². The number of hydrogen-bond acceptors (Lipinski definition) is 0. The third-order valence-electron chi connectivity index (χ3n) is 1.65. The van der Waals surface area contributed by atoms with Gasteiger partial charge in [-0.2, -0.15) is 13.2 Å². The van der Waals surface area contributed by atoms with E-state index in [1.165, 1.54) is 0 Å². The molecule has 0 amide bonds. The van der Waals surface area contributed by atoms with Gasteiger partial charge in [-0.15, -0.1) is 0 Å². The minimum atomic E-state index is -4.15. The van der Waals surface area contributed by atoms with Crippen molar-refractivity contribution >= 4 is 34.2 Å². The molecule has 0 fully saturated rings. The summed E-state index contributed by atoms with van der Waals surface area (Å²) < 4.78 is 35.6. The second kappa shape index (κ2) is 4.70. The first-order chi connectivity index (χ1) is 6.40. The molecular formula is C9H7ClF3I. The molecule has 78 valence electrons. The molecule has 1 atom stereocenters. The monoisotopic (exact) mass is 334 g/mol. The molecule has 0 heterocycles. The Labute approximate surface area is 98.6 Å². The van der Waals surface area contributed by atoms with Gasteiger partial charge in [0.05, 0.1) is 6.42 Å². The van der Waals surface area contributed by atoms with Gasteiger partial charge in [-0.05, 0) is 11.6 Å². The lowest BCUT2D eigenvalue weighted by atomic mass is 10.1. The second-order valence-corrected chi connectivity index (χ2v) is 4.72. The average Bonchev–Trinajstić information content (AvgIpc) is 2.01. The Morgan fingerprint density at radius 3 is 2.36 bits per heavy atom. The largest absolute Gasteiger partial charge is 0.390 e. The van der Waals surface area contributed by atoms with Crippen LogP contribution in [0.2, 0.25) is 5.02 Å². The molecule has 0 aliphatic rings. The van der Waals surface area contributed by atoms with E-state index in [0.29, 0.717) is 10.6 Å². The summed E-state index contributed by atoms with van der Waals surface area (Å²) in [5.74, 6) is 0. The van der Waals surface area contributed by atoms with Gasteiger partial charge in [-0.3, -0.25) is 0 Å². The zero-order valence-electron chi connectivity index (χ0n) is 6.98. The van der Waals surface area contributed by atoms with Crippen molar-refractivity contribution in [2.24, 2.45) is 0 Å². The molecule has 0 N–H and O–H groups in total. The van der Waals surface area contributed by atoms with Gasteiger partial charge in [0.2, 0.25) is 0 Å². The van der Waals surface area contributed by atoms with Gasteiger partial charge in [-0.25, -0.2) is 0 Å². The smallest absolute Gasteiger partial charge is 0.171 e. The van der Waals surface area contributed by atoms with Crippen LogP contribution in [0.25, 0.3) is 0 Å². The van der Waals surface area contributed by atoms with Crippen LogP contribution < -0.4 is 0 Å². The summed E-state index contributed by atoms with van der Waals surface area (Å²) in [4.78, 5) is 0. The van der Waals surface area contributed by atoms with Gasteiger partial charge in [0, 0.05) is 8.95 Å². The highest BCUT2D eigenvalue weighted by Gasteiger charge is 2.31. The molecule has 0 aromatic heterocycles. The minimum absolute atomic E-state index is 0.385. The van der Waals surface area contributed by atoms with Crippen molar-refractivity contribution in [3.05, 3.63) is 34.9 Å². The summed E-state index contributed by atoms with van der Waals surface area (Å²) in [6.07, 6.45) is -5.00. The first-order valence-corrected chi connectivity index (χ1v) is 5.48. The van der Waals surface area contributed by atoms with Crippen LogP contribution in [0.3, 0.4) is 0 Å². The Balaban J connectivity index is 2.80. The summed E-state index contributed by atoms with van der Waals surface area (Å²) in [6.45, 7) is 0. The van der Waals surface area contributed by atoms with Crippen molar-refractivity contribution in [1.82, 2.24) is 0 Å². The number of halogens is 5. The number of rotatable bonds is 2. The Kier molecular flexibility index (Phi) is 4.06. The highest BCUT2D eigenvalue weighted by Crippen LogP contribution is 2.38. The van der Waals surface area contributed by atoms with Crippen molar-refractivity contribution in [2.45, 2.75) is 16.5 Å². The van der Waals surface area contributed by atoms with Gasteiger partial charge in [0.15, 0.2) is 0 Å². The fourth-order valence-electron chi connectivity index (χ4n) is 1.04. The molecule has 14 heavy (non-hydrogen) atoms. The van der Waals surface area contributed by atoms with Crippen LogP contribution >= 0.6 is 34.2 Å². The maximum Gasteiger partial charge on any atom is 0.390 e. The molecule has 0 aliphatic carbocycles. The summed E-state index contributed by atoms with van der Waals surface area (Å²) in [5, 5.41) is 0.385. The summed E-state index contributed by atoms with van der Waals surface area (Å²) in [7, 11) is 0. The van der Waals surface area contributed by atoms with Crippen molar-refractivity contribution < 1.29 is 13.2 Å². The van der Waals surface area contributed by atoms with Gasteiger partial charge in [-0.1, -0.05) is 52.4 Å². The van der Waals surface area contributed by atoms with Gasteiger partial charge < -0.3 is 0 Å². The van der Waals surface area contributed by atoms with Crippen molar-refractivity contribution in [1.29, 1.82) is 0 Å². The van der Waals surface area contributed by atoms with E-state index in [1.54, 1.807) is 46.9 Å². The van der Waals surface area contributed by atoms with E-state index in [9.17, 15) is 13.2 Å². The van der Waals surface area contributed by atoms with Gasteiger partial charge in [0.25, 0.3) is 0 Å². The third-order valence-corrected chi connectivity index (χ3v) is 3.11. The average molecular weight is 335 g/mol. The zero-order chi connectivity index (χ0) is 10.8. The molecule has 1 aromatic carbocycles. The molecule has 0 saturated heterocycles. The molecule has 0 nitrogen and oxygen atoms in total. The lowest BCUT2D eigenvalue weighted by Gasteiger charge is -2.13. The van der Waals surface area contributed by atoms with E-state index in [4.69, 9.17) is 11.6 Å². The normalized spacial score (nSPS) is 14.1. The molecule has 1 rings (SSSR count). The van der Waals surface area contributed by atoms with Crippen LogP contribution in [0.5, 0.6) is 0 Å². The van der Waals surface area contributed by atoms with Crippen LogP contribution in [0.1, 0.15) is 15.9 Å². The molecule has 1 aromatic rings. The lowest BCUT2D eigenvalue weighted by molar-refractivity contribution is -0.133. The predicted octanol–water partition coefficient (Wildman–Crippen LogP) is 4.77. The first kappa shape index (κ1) is 12.1. The van der Waals surface area contributed by atoms with E-state index < -0.39 is 16.5 Å². The van der Waals surface area contributed by atoms with E-state index >= 15 is 0 Å². The van der Waals surface area contributed by atoms with Crippen molar-refractivity contribution in [2.75, 3.05) is 0 Å². The van der Waals surface area contributed by atoms with Crippen molar-refractivity contribution in [3.8, 4) is 0 Å². The van der Waals surface area contributed by atoms with Gasteiger partial charge >= 0.3 is 6.18 Å². The van der Waals surface area contributed by atoms with E-state index in [1.807, 2.05) is 0 Å². The highest BCUT2D eigenvalue weighted by atomic mass is 127. The van der Waals surface area contributed by atoms with Crippen LogP contribution in [0.15, 0.2) is 24.3 Å². The van der Waals surface area contributed by atoms with Gasteiger partial charge in [0.1, 0.15) is 0 Å². The molecule has 0 bridgehead atoms. The Hall–Kier alpha value is 0.0300. The van der Waals surface area contributed by atoms with Crippen LogP contribution in [0.4, 0.5) is 13.2 Å². The Bertz CT molecular complexity index is 311. The quantitative estimate of drug-likeness (QED) is 0.540. The first-order valence-electron chi connectivity index (χ1n) is 3.85. The summed E-state index contributed by atoms with van der Waals surface area (Å²) in [5.41, 5.74) is 0.534. The van der Waals surface area contributed by atoms with Crippen LogP contribution in [0, 0.1) is 0 Å². The lowest BCUT2D eigenvalue weighted by Crippen LogP contribution is -2.10. The van der Waals surface area contributed by atoms with Crippen LogP contribution in [-0.2, 0) is 0 Å². The third kappa shape index (κ3) is 3.65. The number of benzene rings is 1. The molecule has 5 heteroatoms. The molecule has 0 saturated carbocycles. The summed E-state index contributed by atoms with van der Waals surface area (Å²) >= 11 is 7.53.